The summed E-state index contributed by atoms with van der Waals surface area (Å²) in [5.74, 6) is 1.76. The van der Waals surface area contributed by atoms with Crippen LogP contribution < -0.4 is 0 Å². The third-order valence-electron chi connectivity index (χ3n) is 1.85. The summed E-state index contributed by atoms with van der Waals surface area (Å²) in [4.78, 5) is 0. The van der Waals surface area contributed by atoms with E-state index in [0.717, 1.165) is 17.2 Å². The molecule has 0 fully saturated rings. The molecule has 62 valence electrons. The van der Waals surface area contributed by atoms with Gasteiger partial charge in [-0.1, -0.05) is 49.5 Å². The Balaban J connectivity index is 3.27. The molecule has 2 unspecified atom stereocenters. The van der Waals surface area contributed by atoms with E-state index in [4.69, 9.17) is 0 Å². The molecule has 10 heavy (non-hydrogen) atoms. The first kappa shape index (κ1) is 10.5. The second kappa shape index (κ2) is 6.21. The summed E-state index contributed by atoms with van der Waals surface area (Å²) in [5, 5.41) is 1.15. The van der Waals surface area contributed by atoms with Crippen molar-refractivity contribution in [1.29, 1.82) is 0 Å². The quantitative estimate of drug-likeness (QED) is 0.601. The van der Waals surface area contributed by atoms with Crippen molar-refractivity contribution in [3.05, 3.63) is 0 Å². The maximum Gasteiger partial charge on any atom is 0.00571 e. The molecule has 0 nitrogen and oxygen atoms in total. The van der Waals surface area contributed by atoms with Gasteiger partial charge in [-0.15, -0.1) is 0 Å². The number of hydrogen-bond donors (Lipinski definition) is 0. The van der Waals surface area contributed by atoms with Gasteiger partial charge >= 0.3 is 0 Å². The number of hydrogen-bond acceptors (Lipinski definition) is 0. The molecule has 0 radical (unpaired) electrons. The van der Waals surface area contributed by atoms with Crippen LogP contribution >= 0.6 is 15.9 Å². The van der Waals surface area contributed by atoms with Gasteiger partial charge in [-0.05, 0) is 18.3 Å². The molecule has 0 heterocycles. The van der Waals surface area contributed by atoms with Crippen LogP contribution in [0.25, 0.3) is 0 Å². The predicted molar refractivity (Wildman–Crippen MR) is 51.6 cm³/mol. The fourth-order valence-corrected chi connectivity index (χ4v) is 1.62. The maximum absolute atomic E-state index is 3.49. The summed E-state index contributed by atoms with van der Waals surface area (Å²) >= 11 is 3.49. The van der Waals surface area contributed by atoms with E-state index in [9.17, 15) is 0 Å². The van der Waals surface area contributed by atoms with Crippen LogP contribution in [0.15, 0.2) is 0 Å². The molecule has 0 saturated carbocycles. The molecule has 0 spiro atoms. The molecule has 0 bridgehead atoms. The summed E-state index contributed by atoms with van der Waals surface area (Å²) in [6.07, 6.45) is 4.09. The van der Waals surface area contributed by atoms with Crippen molar-refractivity contribution in [2.24, 2.45) is 11.8 Å². The molecule has 0 aromatic carbocycles. The van der Waals surface area contributed by atoms with Crippen LogP contribution in [0, 0.1) is 11.8 Å². The molecule has 0 rings (SSSR count). The van der Waals surface area contributed by atoms with Crippen LogP contribution in [0.4, 0.5) is 0 Å². The summed E-state index contributed by atoms with van der Waals surface area (Å²) in [5.41, 5.74) is 0. The van der Waals surface area contributed by atoms with E-state index in [1.807, 2.05) is 0 Å². The highest BCUT2D eigenvalue weighted by Crippen LogP contribution is 2.17. The van der Waals surface area contributed by atoms with Crippen molar-refractivity contribution in [1.82, 2.24) is 0 Å². The Morgan fingerprint density at radius 3 is 2.20 bits per heavy atom. The third-order valence-corrected chi connectivity index (χ3v) is 2.95. The molecular weight excluding hydrogens is 188 g/mol. The van der Waals surface area contributed by atoms with Crippen molar-refractivity contribution in [2.45, 2.75) is 40.0 Å². The van der Waals surface area contributed by atoms with Crippen molar-refractivity contribution in [2.75, 3.05) is 5.33 Å². The fourth-order valence-electron chi connectivity index (χ4n) is 1.36. The van der Waals surface area contributed by atoms with Gasteiger partial charge in [0.1, 0.15) is 0 Å². The van der Waals surface area contributed by atoms with Crippen LogP contribution in [0.2, 0.25) is 0 Å². The molecule has 2 atom stereocenters. The van der Waals surface area contributed by atoms with Crippen molar-refractivity contribution in [3.63, 3.8) is 0 Å². The molecular formula is C9H19Br. The smallest absolute Gasteiger partial charge is 0.00571 e. The standard InChI is InChI=1S/C9H19Br/c1-4-5-8(2)6-9(3)7-10/h8-9H,4-7H2,1-3H3. The minimum atomic E-state index is 0.849. The largest absolute Gasteiger partial charge is 0.0925 e. The Morgan fingerprint density at radius 1 is 1.20 bits per heavy atom. The van der Waals surface area contributed by atoms with Gasteiger partial charge in [-0.25, -0.2) is 0 Å². The fraction of sp³-hybridized carbons (Fsp3) is 1.00. The van der Waals surface area contributed by atoms with E-state index in [0.29, 0.717) is 0 Å². The average molecular weight is 207 g/mol. The molecule has 0 amide bonds. The zero-order valence-electron chi connectivity index (χ0n) is 7.36. The number of rotatable bonds is 5. The minimum Gasteiger partial charge on any atom is -0.0925 e. The molecule has 0 N–H and O–H groups in total. The van der Waals surface area contributed by atoms with E-state index >= 15 is 0 Å². The molecule has 1 heteroatoms. The van der Waals surface area contributed by atoms with Gasteiger partial charge in [0.25, 0.3) is 0 Å². The SMILES string of the molecule is CCCC(C)CC(C)CBr. The van der Waals surface area contributed by atoms with Crippen LogP contribution in [0.3, 0.4) is 0 Å². The zero-order chi connectivity index (χ0) is 7.98. The monoisotopic (exact) mass is 206 g/mol. The van der Waals surface area contributed by atoms with Gasteiger partial charge in [-0.3, -0.25) is 0 Å². The van der Waals surface area contributed by atoms with E-state index in [1.54, 1.807) is 0 Å². The van der Waals surface area contributed by atoms with Crippen LogP contribution in [-0.4, -0.2) is 5.33 Å². The Morgan fingerprint density at radius 2 is 1.80 bits per heavy atom. The van der Waals surface area contributed by atoms with Gasteiger partial charge in [0, 0.05) is 5.33 Å². The molecule has 0 saturated heterocycles. The Bertz CT molecular complexity index is 71.1. The van der Waals surface area contributed by atoms with Crippen molar-refractivity contribution >= 4 is 15.9 Å². The van der Waals surface area contributed by atoms with Gasteiger partial charge in [0.15, 0.2) is 0 Å². The van der Waals surface area contributed by atoms with Crippen molar-refractivity contribution in [3.8, 4) is 0 Å². The lowest BCUT2D eigenvalue weighted by Gasteiger charge is -2.13. The normalized spacial score (nSPS) is 16.8. The van der Waals surface area contributed by atoms with Gasteiger partial charge in [0.2, 0.25) is 0 Å². The Labute approximate surface area is 73.5 Å². The van der Waals surface area contributed by atoms with Gasteiger partial charge < -0.3 is 0 Å². The number of halogens is 1. The van der Waals surface area contributed by atoms with E-state index < -0.39 is 0 Å². The van der Waals surface area contributed by atoms with E-state index in [-0.39, 0.29) is 0 Å². The lowest BCUT2D eigenvalue weighted by atomic mass is 9.95. The first-order valence-corrected chi connectivity index (χ1v) is 5.38. The lowest BCUT2D eigenvalue weighted by molar-refractivity contribution is 0.417. The summed E-state index contributed by atoms with van der Waals surface area (Å²) in [6, 6.07) is 0. The first-order chi connectivity index (χ1) is 4.70. The van der Waals surface area contributed by atoms with E-state index in [2.05, 4.69) is 36.7 Å². The average Bonchev–Trinajstić information content (AvgIpc) is 1.88. The highest BCUT2D eigenvalue weighted by molar-refractivity contribution is 9.09. The van der Waals surface area contributed by atoms with Crippen LogP contribution in [0.5, 0.6) is 0 Å². The van der Waals surface area contributed by atoms with Gasteiger partial charge in [-0.2, -0.15) is 0 Å². The second-order valence-corrected chi connectivity index (χ2v) is 4.04. The summed E-state index contributed by atoms with van der Waals surface area (Å²) in [7, 11) is 0. The molecule has 0 aliphatic rings. The van der Waals surface area contributed by atoms with Crippen LogP contribution in [-0.2, 0) is 0 Å². The topological polar surface area (TPSA) is 0 Å². The molecule has 0 aliphatic carbocycles. The van der Waals surface area contributed by atoms with Gasteiger partial charge in [0.05, 0.1) is 0 Å². The zero-order valence-corrected chi connectivity index (χ0v) is 8.95. The van der Waals surface area contributed by atoms with Crippen molar-refractivity contribution < 1.29 is 0 Å². The Kier molecular flexibility index (Phi) is 6.50. The molecule has 0 aromatic rings. The maximum atomic E-state index is 3.49. The van der Waals surface area contributed by atoms with E-state index in [1.165, 1.54) is 19.3 Å². The highest BCUT2D eigenvalue weighted by atomic mass is 79.9. The Hall–Kier alpha value is 0.480. The first-order valence-electron chi connectivity index (χ1n) is 4.26. The molecule has 0 aromatic heterocycles. The second-order valence-electron chi connectivity index (χ2n) is 3.39. The number of alkyl halides is 1. The predicted octanol–water partition coefficient (Wildman–Crippen LogP) is 3.84. The minimum absolute atomic E-state index is 0.849. The summed E-state index contributed by atoms with van der Waals surface area (Å²) in [6.45, 7) is 6.92. The lowest BCUT2D eigenvalue weighted by Crippen LogP contribution is -2.03. The molecule has 0 aliphatic heterocycles. The third kappa shape index (κ3) is 5.28. The van der Waals surface area contributed by atoms with Crippen LogP contribution in [0.1, 0.15) is 40.0 Å². The highest BCUT2D eigenvalue weighted by Gasteiger charge is 2.05. The summed E-state index contributed by atoms with van der Waals surface area (Å²) < 4.78 is 0.